The van der Waals surface area contributed by atoms with E-state index in [1.165, 1.54) is 12.1 Å². The lowest BCUT2D eigenvalue weighted by Crippen LogP contribution is -2.09. The van der Waals surface area contributed by atoms with Crippen LogP contribution in [0.15, 0.2) is 46.9 Å². The molecule has 5 heteroatoms. The molecule has 1 N–H and O–H groups in total. The zero-order chi connectivity index (χ0) is 14.4. The van der Waals surface area contributed by atoms with Crippen molar-refractivity contribution in [3.63, 3.8) is 0 Å². The highest BCUT2D eigenvalue weighted by Crippen LogP contribution is 2.18. The van der Waals surface area contributed by atoms with E-state index in [0.29, 0.717) is 24.5 Å². The quantitative estimate of drug-likeness (QED) is 0.817. The van der Waals surface area contributed by atoms with E-state index in [4.69, 9.17) is 14.6 Å². The number of ether oxygens (including phenoxy) is 2. The molecule has 0 unspecified atom stereocenters. The molecule has 2 aromatic carbocycles. The molecule has 20 heavy (non-hydrogen) atoms. The van der Waals surface area contributed by atoms with Gasteiger partial charge >= 0.3 is 0 Å². The number of halogens is 2. The first kappa shape index (κ1) is 14.8. The number of rotatable bonds is 6. The van der Waals surface area contributed by atoms with Crippen LogP contribution in [0.4, 0.5) is 4.39 Å². The molecule has 0 bridgehead atoms. The molecule has 0 amide bonds. The Morgan fingerprint density at radius 3 is 2.25 bits per heavy atom. The summed E-state index contributed by atoms with van der Waals surface area (Å²) in [4.78, 5) is 0. The van der Waals surface area contributed by atoms with Gasteiger partial charge in [0.15, 0.2) is 0 Å². The predicted molar refractivity (Wildman–Crippen MR) is 77.5 cm³/mol. The predicted octanol–water partition coefficient (Wildman–Crippen LogP) is 3.54. The summed E-state index contributed by atoms with van der Waals surface area (Å²) in [5, 5.41) is 8.98. The summed E-state index contributed by atoms with van der Waals surface area (Å²) in [5.74, 6) is 0.695. The molecule has 0 aliphatic heterocycles. The van der Waals surface area contributed by atoms with Crippen molar-refractivity contribution in [2.75, 3.05) is 13.2 Å². The Morgan fingerprint density at radius 2 is 1.60 bits per heavy atom. The van der Waals surface area contributed by atoms with E-state index in [9.17, 15) is 4.39 Å². The first-order valence-electron chi connectivity index (χ1n) is 6.09. The van der Waals surface area contributed by atoms with E-state index in [1.54, 1.807) is 6.07 Å². The molecule has 0 radical (unpaired) electrons. The first-order chi connectivity index (χ1) is 9.67. The van der Waals surface area contributed by atoms with Crippen LogP contribution in [0.1, 0.15) is 5.56 Å². The Hall–Kier alpha value is -1.59. The molecule has 3 nitrogen and oxygen atoms in total. The lowest BCUT2D eigenvalue weighted by Gasteiger charge is -2.09. The lowest BCUT2D eigenvalue weighted by atomic mass is 10.2. The Labute approximate surface area is 125 Å². The molecule has 0 heterocycles. The molecule has 2 aromatic rings. The Kier molecular flexibility index (Phi) is 5.38. The van der Waals surface area contributed by atoms with E-state index in [0.717, 1.165) is 10.2 Å². The number of aliphatic hydroxyl groups excluding tert-OH is 1. The fourth-order valence-electron chi connectivity index (χ4n) is 1.65. The van der Waals surface area contributed by atoms with Gasteiger partial charge in [0, 0.05) is 10.5 Å². The van der Waals surface area contributed by atoms with Crippen molar-refractivity contribution >= 4 is 15.9 Å². The van der Waals surface area contributed by atoms with Gasteiger partial charge in [-0.2, -0.15) is 0 Å². The van der Waals surface area contributed by atoms with Crippen molar-refractivity contribution in [2.24, 2.45) is 0 Å². The summed E-state index contributed by atoms with van der Waals surface area (Å²) >= 11 is 3.34. The lowest BCUT2D eigenvalue weighted by molar-refractivity contribution is 0.216. The van der Waals surface area contributed by atoms with Crippen LogP contribution in [0.3, 0.4) is 0 Å². The van der Waals surface area contributed by atoms with Gasteiger partial charge in [0.25, 0.3) is 0 Å². The summed E-state index contributed by atoms with van der Waals surface area (Å²) in [6.45, 7) is 0.431. The molecule has 0 aromatic heterocycles. The van der Waals surface area contributed by atoms with Crippen LogP contribution in [0, 0.1) is 5.82 Å². The van der Waals surface area contributed by atoms with Crippen molar-refractivity contribution in [1.29, 1.82) is 0 Å². The molecule has 0 atom stereocenters. The van der Waals surface area contributed by atoms with Crippen LogP contribution in [0.5, 0.6) is 11.5 Å². The van der Waals surface area contributed by atoms with Crippen molar-refractivity contribution < 1.29 is 19.0 Å². The fraction of sp³-hybridized carbons (Fsp3) is 0.200. The van der Waals surface area contributed by atoms with Gasteiger partial charge in [-0.25, -0.2) is 4.39 Å². The van der Waals surface area contributed by atoms with Gasteiger partial charge in [0.2, 0.25) is 0 Å². The maximum absolute atomic E-state index is 13.2. The monoisotopic (exact) mass is 340 g/mol. The van der Waals surface area contributed by atoms with Crippen LogP contribution >= 0.6 is 15.9 Å². The summed E-state index contributed by atoms with van der Waals surface area (Å²) in [7, 11) is 0. The third-order valence-corrected chi connectivity index (χ3v) is 3.08. The van der Waals surface area contributed by atoms with E-state index in [2.05, 4.69) is 15.9 Å². The highest BCUT2D eigenvalue weighted by molar-refractivity contribution is 9.10. The van der Waals surface area contributed by atoms with E-state index in [-0.39, 0.29) is 6.61 Å². The zero-order valence-electron chi connectivity index (χ0n) is 10.7. The molecule has 0 spiro atoms. The number of benzene rings is 2. The van der Waals surface area contributed by atoms with Crippen LogP contribution in [-0.2, 0) is 6.61 Å². The molecular formula is C15H14BrFO3. The van der Waals surface area contributed by atoms with Gasteiger partial charge < -0.3 is 14.6 Å². The van der Waals surface area contributed by atoms with E-state index >= 15 is 0 Å². The molecule has 106 valence electrons. The minimum Gasteiger partial charge on any atom is -0.490 e. The van der Waals surface area contributed by atoms with Gasteiger partial charge in [-0.3, -0.25) is 0 Å². The molecule has 0 saturated carbocycles. The minimum absolute atomic E-state index is 0.219. The van der Waals surface area contributed by atoms with Gasteiger partial charge in [-0.15, -0.1) is 0 Å². The summed E-state index contributed by atoms with van der Waals surface area (Å²) in [6, 6.07) is 11.6. The van der Waals surface area contributed by atoms with Crippen molar-refractivity contribution in [3.05, 3.63) is 58.3 Å². The van der Waals surface area contributed by atoms with Gasteiger partial charge in [0.1, 0.15) is 30.5 Å². The van der Waals surface area contributed by atoms with Crippen molar-refractivity contribution in [3.8, 4) is 11.5 Å². The fourth-order valence-corrected chi connectivity index (χ4v) is 1.91. The van der Waals surface area contributed by atoms with Crippen LogP contribution < -0.4 is 9.47 Å². The smallest absolute Gasteiger partial charge is 0.127 e. The SMILES string of the molecule is OCc1cc(F)cc(OCCOc2ccc(Br)cc2)c1. The van der Waals surface area contributed by atoms with Crippen LogP contribution in [0.2, 0.25) is 0 Å². The molecule has 2 rings (SSSR count). The highest BCUT2D eigenvalue weighted by atomic mass is 79.9. The van der Waals surface area contributed by atoms with Crippen LogP contribution in [-0.4, -0.2) is 18.3 Å². The topological polar surface area (TPSA) is 38.7 Å². The second kappa shape index (κ2) is 7.26. The maximum Gasteiger partial charge on any atom is 0.127 e. The van der Waals surface area contributed by atoms with Gasteiger partial charge in [-0.05, 0) is 42.0 Å². The maximum atomic E-state index is 13.2. The van der Waals surface area contributed by atoms with Gasteiger partial charge in [-0.1, -0.05) is 15.9 Å². The zero-order valence-corrected chi connectivity index (χ0v) is 12.3. The van der Waals surface area contributed by atoms with Crippen molar-refractivity contribution in [2.45, 2.75) is 6.61 Å². The second-order valence-corrected chi connectivity index (χ2v) is 5.02. The molecular weight excluding hydrogens is 327 g/mol. The molecule has 0 saturated heterocycles. The van der Waals surface area contributed by atoms with Gasteiger partial charge in [0.05, 0.1) is 6.61 Å². The second-order valence-electron chi connectivity index (χ2n) is 4.10. The molecule has 0 fully saturated rings. The Balaban J connectivity index is 1.81. The summed E-state index contributed by atoms with van der Waals surface area (Å²) < 4.78 is 25.1. The van der Waals surface area contributed by atoms with E-state index in [1.807, 2.05) is 24.3 Å². The number of hydrogen-bond donors (Lipinski definition) is 1. The van der Waals surface area contributed by atoms with Crippen LogP contribution in [0.25, 0.3) is 0 Å². The summed E-state index contributed by atoms with van der Waals surface area (Å²) in [5.41, 5.74) is 0.480. The third kappa shape index (κ3) is 4.51. The highest BCUT2D eigenvalue weighted by Gasteiger charge is 2.01. The minimum atomic E-state index is -0.430. The molecule has 0 aliphatic carbocycles. The third-order valence-electron chi connectivity index (χ3n) is 2.55. The Morgan fingerprint density at radius 1 is 0.950 bits per heavy atom. The average Bonchev–Trinajstić information content (AvgIpc) is 2.45. The average molecular weight is 341 g/mol. The summed E-state index contributed by atoms with van der Waals surface area (Å²) in [6.07, 6.45) is 0. The largest absolute Gasteiger partial charge is 0.490 e. The Bertz CT molecular complexity index is 558. The standard InChI is InChI=1S/C15H14BrFO3/c16-12-1-3-14(4-2-12)19-5-6-20-15-8-11(10-18)7-13(17)9-15/h1-4,7-9,18H,5-6,10H2. The number of hydrogen-bond acceptors (Lipinski definition) is 3. The number of aliphatic hydroxyl groups is 1. The normalized spacial score (nSPS) is 10.3. The first-order valence-corrected chi connectivity index (χ1v) is 6.88. The van der Waals surface area contributed by atoms with E-state index < -0.39 is 5.82 Å². The van der Waals surface area contributed by atoms with Crippen molar-refractivity contribution in [1.82, 2.24) is 0 Å². The molecule has 0 aliphatic rings.